The molecule has 0 fully saturated rings. The highest BCUT2D eigenvalue weighted by Gasteiger charge is 2.07. The van der Waals surface area contributed by atoms with Crippen molar-refractivity contribution in [2.24, 2.45) is 5.92 Å². The minimum Gasteiger partial charge on any atom is -0.478 e. The molecule has 0 saturated carbocycles. The Balaban J connectivity index is 2.18. The van der Waals surface area contributed by atoms with Gasteiger partial charge in [0.2, 0.25) is 0 Å². The van der Waals surface area contributed by atoms with Crippen LogP contribution in [0.25, 0.3) is 11.1 Å². The van der Waals surface area contributed by atoms with Crippen molar-refractivity contribution in [1.82, 2.24) is 0 Å². The van der Waals surface area contributed by atoms with E-state index in [1.54, 1.807) is 12.1 Å². The Morgan fingerprint density at radius 3 is 2.00 bits per heavy atom. The van der Waals surface area contributed by atoms with Crippen LogP contribution in [0.5, 0.6) is 0 Å². The summed E-state index contributed by atoms with van der Waals surface area (Å²) in [4.78, 5) is 10.9. The molecule has 0 aliphatic heterocycles. The second kappa shape index (κ2) is 7.03. The molecule has 0 spiro atoms. The molecule has 2 aromatic rings. The van der Waals surface area contributed by atoms with E-state index >= 15 is 0 Å². The van der Waals surface area contributed by atoms with Crippen molar-refractivity contribution in [3.05, 3.63) is 71.6 Å². The van der Waals surface area contributed by atoms with Crippen molar-refractivity contribution >= 4 is 5.97 Å². The monoisotopic (exact) mass is 298 g/mol. The van der Waals surface area contributed by atoms with Crippen LogP contribution in [-0.2, 0) is 11.2 Å². The summed E-state index contributed by atoms with van der Waals surface area (Å²) in [6.07, 6.45) is 1.91. The Morgan fingerprint density at radius 2 is 1.55 bits per heavy atom. The lowest BCUT2D eigenvalue weighted by Crippen LogP contribution is -2.02. The van der Waals surface area contributed by atoms with E-state index in [9.17, 15) is 9.18 Å². The Labute approximate surface area is 129 Å². The van der Waals surface area contributed by atoms with Crippen molar-refractivity contribution < 1.29 is 14.3 Å². The van der Waals surface area contributed by atoms with Crippen LogP contribution in [-0.4, -0.2) is 11.1 Å². The molecule has 0 saturated heterocycles. The number of hydrogen-bond acceptors (Lipinski definition) is 1. The number of aliphatic carboxylic acids is 1. The Kier molecular flexibility index (Phi) is 5.10. The van der Waals surface area contributed by atoms with Crippen LogP contribution in [0.15, 0.2) is 60.2 Å². The molecule has 0 radical (unpaired) electrons. The highest BCUT2D eigenvalue weighted by Crippen LogP contribution is 2.22. The number of hydrogen-bond donors (Lipinski definition) is 1. The second-order valence-electron chi connectivity index (χ2n) is 5.59. The lowest BCUT2D eigenvalue weighted by molar-refractivity contribution is -0.131. The standard InChI is InChI=1S/C19H19FO2/c1-13(2)17(12-19(21)22)11-14-3-5-15(6-4-14)16-7-9-18(20)10-8-16/h3-10,12-13H,11H2,1-2H3,(H,21,22)/b17-12-. The van der Waals surface area contributed by atoms with Gasteiger partial charge in [-0.25, -0.2) is 9.18 Å². The largest absolute Gasteiger partial charge is 0.478 e. The summed E-state index contributed by atoms with van der Waals surface area (Å²) in [6.45, 7) is 3.98. The molecule has 22 heavy (non-hydrogen) atoms. The number of carboxylic acids is 1. The van der Waals surface area contributed by atoms with E-state index in [1.807, 2.05) is 38.1 Å². The van der Waals surface area contributed by atoms with Gasteiger partial charge < -0.3 is 5.11 Å². The first-order valence-corrected chi connectivity index (χ1v) is 7.24. The van der Waals surface area contributed by atoms with Gasteiger partial charge in [0.25, 0.3) is 0 Å². The quantitative estimate of drug-likeness (QED) is 0.812. The average molecular weight is 298 g/mol. The van der Waals surface area contributed by atoms with Gasteiger partial charge in [-0.15, -0.1) is 0 Å². The molecule has 0 unspecified atom stereocenters. The van der Waals surface area contributed by atoms with Crippen molar-refractivity contribution in [2.75, 3.05) is 0 Å². The smallest absolute Gasteiger partial charge is 0.328 e. The van der Waals surface area contributed by atoms with E-state index in [2.05, 4.69) is 0 Å². The maximum Gasteiger partial charge on any atom is 0.328 e. The first-order chi connectivity index (χ1) is 10.5. The summed E-state index contributed by atoms with van der Waals surface area (Å²) >= 11 is 0. The van der Waals surface area contributed by atoms with E-state index < -0.39 is 5.97 Å². The van der Waals surface area contributed by atoms with Gasteiger partial charge in [-0.2, -0.15) is 0 Å². The first kappa shape index (κ1) is 16.0. The van der Waals surface area contributed by atoms with Crippen LogP contribution in [0, 0.1) is 11.7 Å². The maximum atomic E-state index is 12.9. The van der Waals surface area contributed by atoms with Crippen LogP contribution in [0.4, 0.5) is 4.39 Å². The van der Waals surface area contributed by atoms with E-state index in [4.69, 9.17) is 5.11 Å². The van der Waals surface area contributed by atoms with E-state index in [-0.39, 0.29) is 11.7 Å². The Morgan fingerprint density at radius 1 is 1.05 bits per heavy atom. The van der Waals surface area contributed by atoms with E-state index in [0.29, 0.717) is 6.42 Å². The zero-order chi connectivity index (χ0) is 16.1. The topological polar surface area (TPSA) is 37.3 Å². The number of benzene rings is 2. The normalized spacial score (nSPS) is 11.7. The molecule has 1 N–H and O–H groups in total. The third kappa shape index (κ3) is 4.29. The maximum absolute atomic E-state index is 12.9. The fourth-order valence-corrected chi connectivity index (χ4v) is 2.27. The lowest BCUT2D eigenvalue weighted by Gasteiger charge is -2.11. The Bertz CT molecular complexity index is 668. The number of halogens is 1. The first-order valence-electron chi connectivity index (χ1n) is 7.24. The van der Waals surface area contributed by atoms with Crippen LogP contribution in [0.2, 0.25) is 0 Å². The van der Waals surface area contributed by atoms with E-state index in [1.165, 1.54) is 18.2 Å². The summed E-state index contributed by atoms with van der Waals surface area (Å²) in [5.41, 5.74) is 3.92. The van der Waals surface area contributed by atoms with Gasteiger partial charge in [0, 0.05) is 6.08 Å². The van der Waals surface area contributed by atoms with Crippen LogP contribution in [0.3, 0.4) is 0 Å². The molecular weight excluding hydrogens is 279 g/mol. The lowest BCUT2D eigenvalue weighted by atomic mass is 9.94. The second-order valence-corrected chi connectivity index (χ2v) is 5.59. The molecule has 2 nitrogen and oxygen atoms in total. The van der Waals surface area contributed by atoms with Gasteiger partial charge in [-0.1, -0.05) is 55.8 Å². The van der Waals surface area contributed by atoms with Gasteiger partial charge in [-0.05, 0) is 41.2 Å². The molecule has 0 aliphatic carbocycles. The molecule has 0 aliphatic rings. The van der Waals surface area contributed by atoms with Crippen LogP contribution >= 0.6 is 0 Å². The van der Waals surface area contributed by atoms with Gasteiger partial charge in [0.05, 0.1) is 0 Å². The zero-order valence-electron chi connectivity index (χ0n) is 12.7. The third-order valence-corrected chi connectivity index (χ3v) is 3.59. The predicted molar refractivity (Wildman–Crippen MR) is 86.1 cm³/mol. The highest BCUT2D eigenvalue weighted by molar-refractivity contribution is 5.80. The minimum atomic E-state index is -0.911. The number of rotatable bonds is 5. The van der Waals surface area contributed by atoms with Crippen molar-refractivity contribution in [2.45, 2.75) is 20.3 Å². The summed E-state index contributed by atoms with van der Waals surface area (Å²) in [5, 5.41) is 8.92. The minimum absolute atomic E-state index is 0.188. The molecule has 0 heterocycles. The molecule has 0 amide bonds. The molecule has 2 aromatic carbocycles. The number of carbonyl (C=O) groups is 1. The van der Waals surface area contributed by atoms with Crippen molar-refractivity contribution in [1.29, 1.82) is 0 Å². The third-order valence-electron chi connectivity index (χ3n) is 3.59. The fraction of sp³-hybridized carbons (Fsp3) is 0.211. The summed E-state index contributed by atoms with van der Waals surface area (Å²) in [5.74, 6) is -0.972. The van der Waals surface area contributed by atoms with Crippen LogP contribution < -0.4 is 0 Å². The predicted octanol–water partition coefficient (Wildman–Crippen LogP) is 4.70. The van der Waals surface area contributed by atoms with Crippen LogP contribution in [0.1, 0.15) is 19.4 Å². The molecule has 114 valence electrons. The Hall–Kier alpha value is -2.42. The molecule has 0 bridgehead atoms. The number of allylic oxidation sites excluding steroid dienone is 1. The van der Waals surface area contributed by atoms with E-state index in [0.717, 1.165) is 22.3 Å². The highest BCUT2D eigenvalue weighted by atomic mass is 19.1. The molecule has 0 aromatic heterocycles. The summed E-state index contributed by atoms with van der Waals surface area (Å²) in [6, 6.07) is 14.3. The molecule has 2 rings (SSSR count). The van der Waals surface area contributed by atoms with Crippen molar-refractivity contribution in [3.63, 3.8) is 0 Å². The SMILES string of the molecule is CC(C)/C(=C\C(=O)O)Cc1ccc(-c2ccc(F)cc2)cc1. The molecular formula is C19H19FO2. The summed E-state index contributed by atoms with van der Waals surface area (Å²) in [7, 11) is 0. The van der Waals surface area contributed by atoms with Gasteiger partial charge in [0.1, 0.15) is 5.82 Å². The van der Waals surface area contributed by atoms with Gasteiger partial charge in [0.15, 0.2) is 0 Å². The molecule has 3 heteroatoms. The average Bonchev–Trinajstić information content (AvgIpc) is 2.48. The fourth-order valence-electron chi connectivity index (χ4n) is 2.27. The van der Waals surface area contributed by atoms with Gasteiger partial charge >= 0.3 is 5.97 Å². The molecule has 0 atom stereocenters. The number of carboxylic acid groups (broad SMARTS) is 1. The zero-order valence-corrected chi connectivity index (χ0v) is 12.7. The summed E-state index contributed by atoms with van der Waals surface area (Å²) < 4.78 is 12.9. The van der Waals surface area contributed by atoms with Crippen molar-refractivity contribution in [3.8, 4) is 11.1 Å². The van der Waals surface area contributed by atoms with Gasteiger partial charge in [-0.3, -0.25) is 0 Å².